The highest BCUT2D eigenvalue weighted by Gasteiger charge is 2.35. The van der Waals surface area contributed by atoms with Crippen LogP contribution < -0.4 is 5.32 Å². The van der Waals surface area contributed by atoms with Crippen LogP contribution in [0.2, 0.25) is 0 Å². The zero-order valence-electron chi connectivity index (χ0n) is 11.0. The second-order valence-electron chi connectivity index (χ2n) is 5.88. The molecule has 2 atom stereocenters. The molecule has 2 heterocycles. The molecule has 0 radical (unpaired) electrons. The molecule has 1 N–H and O–H groups in total. The van der Waals surface area contributed by atoms with Gasteiger partial charge in [-0.05, 0) is 53.1 Å². The second-order valence-corrected chi connectivity index (χ2v) is 5.88. The summed E-state index contributed by atoms with van der Waals surface area (Å²) in [5.74, 6) is 0. The molecule has 3 heteroatoms. The summed E-state index contributed by atoms with van der Waals surface area (Å²) in [6.07, 6.45) is 6.05. The molecule has 0 aromatic carbocycles. The fraction of sp³-hybridized carbons (Fsp3) is 1.00. The average Bonchev–Trinajstić information content (AvgIpc) is 2.76. The van der Waals surface area contributed by atoms with Crippen LogP contribution in [0.1, 0.15) is 39.5 Å². The number of rotatable bonds is 4. The van der Waals surface area contributed by atoms with E-state index in [4.69, 9.17) is 4.74 Å². The third kappa shape index (κ3) is 2.76. The Labute approximate surface area is 99.5 Å². The summed E-state index contributed by atoms with van der Waals surface area (Å²) in [6.45, 7) is 8.11. The molecular formula is C13H26N2O. The Bertz CT molecular complexity index is 230. The van der Waals surface area contributed by atoms with Gasteiger partial charge in [0.15, 0.2) is 0 Å². The highest BCUT2D eigenvalue weighted by atomic mass is 16.5. The smallest absolute Gasteiger partial charge is 0.0707 e. The molecule has 2 aliphatic rings. The summed E-state index contributed by atoms with van der Waals surface area (Å²) < 4.78 is 6.05. The molecule has 0 amide bonds. The zero-order chi connectivity index (χ0) is 11.6. The highest BCUT2D eigenvalue weighted by Crippen LogP contribution is 2.30. The van der Waals surface area contributed by atoms with E-state index in [1.807, 2.05) is 7.05 Å². The first-order valence-corrected chi connectivity index (χ1v) is 6.67. The first-order chi connectivity index (χ1) is 7.62. The Kier molecular flexibility index (Phi) is 3.88. The van der Waals surface area contributed by atoms with Crippen LogP contribution in [0.15, 0.2) is 0 Å². The maximum absolute atomic E-state index is 6.05. The summed E-state index contributed by atoms with van der Waals surface area (Å²) in [4.78, 5) is 2.61. The summed E-state index contributed by atoms with van der Waals surface area (Å²) in [7, 11) is 2.00. The van der Waals surface area contributed by atoms with E-state index in [0.29, 0.717) is 17.7 Å². The topological polar surface area (TPSA) is 24.5 Å². The lowest BCUT2D eigenvalue weighted by Gasteiger charge is -2.33. The molecule has 0 spiro atoms. The minimum absolute atomic E-state index is 0.393. The highest BCUT2D eigenvalue weighted by molar-refractivity contribution is 4.90. The van der Waals surface area contributed by atoms with Gasteiger partial charge in [-0.1, -0.05) is 0 Å². The van der Waals surface area contributed by atoms with Crippen LogP contribution in [0.25, 0.3) is 0 Å². The second kappa shape index (κ2) is 5.03. The molecule has 3 nitrogen and oxygen atoms in total. The number of hydrogen-bond donors (Lipinski definition) is 1. The van der Waals surface area contributed by atoms with Crippen LogP contribution in [0.5, 0.6) is 0 Å². The number of likely N-dealkylation sites (N-methyl/N-ethyl adjacent to an activating group) is 1. The summed E-state index contributed by atoms with van der Waals surface area (Å²) in [5.41, 5.74) is 0.393. The van der Waals surface area contributed by atoms with Crippen molar-refractivity contribution in [2.24, 2.45) is 0 Å². The standard InChI is InChI=1S/C13H26N2O/c1-13(2)7-4-8-15(13)10-12-6-5-11(16-12)9-14-3/h11-12,14H,4-10H2,1-3H3. The SMILES string of the molecule is CNCC1CCC(CN2CCCC2(C)C)O1. The van der Waals surface area contributed by atoms with Gasteiger partial charge >= 0.3 is 0 Å². The van der Waals surface area contributed by atoms with Crippen LogP contribution in [-0.2, 0) is 4.74 Å². The molecule has 0 saturated carbocycles. The monoisotopic (exact) mass is 226 g/mol. The van der Waals surface area contributed by atoms with E-state index < -0.39 is 0 Å². The Morgan fingerprint density at radius 2 is 2.06 bits per heavy atom. The first-order valence-electron chi connectivity index (χ1n) is 6.67. The van der Waals surface area contributed by atoms with Gasteiger partial charge in [0.05, 0.1) is 12.2 Å². The molecule has 2 rings (SSSR count). The molecule has 2 saturated heterocycles. The van der Waals surface area contributed by atoms with E-state index in [1.54, 1.807) is 0 Å². The molecule has 2 unspecified atom stereocenters. The molecule has 0 bridgehead atoms. The summed E-state index contributed by atoms with van der Waals surface area (Å²) in [6, 6.07) is 0. The van der Waals surface area contributed by atoms with Crippen molar-refractivity contribution in [1.82, 2.24) is 10.2 Å². The fourth-order valence-electron chi connectivity index (χ4n) is 3.04. The molecule has 2 aliphatic heterocycles. The van der Waals surface area contributed by atoms with E-state index in [-0.39, 0.29) is 0 Å². The van der Waals surface area contributed by atoms with Crippen molar-refractivity contribution in [3.05, 3.63) is 0 Å². The molecule has 16 heavy (non-hydrogen) atoms. The van der Waals surface area contributed by atoms with E-state index in [9.17, 15) is 0 Å². The van der Waals surface area contributed by atoms with E-state index in [1.165, 1.54) is 32.2 Å². The van der Waals surface area contributed by atoms with Gasteiger partial charge in [0.25, 0.3) is 0 Å². The van der Waals surface area contributed by atoms with Crippen molar-refractivity contribution in [3.63, 3.8) is 0 Å². The number of hydrogen-bond acceptors (Lipinski definition) is 3. The molecule has 0 aromatic heterocycles. The van der Waals surface area contributed by atoms with Gasteiger partial charge in [0, 0.05) is 18.6 Å². The zero-order valence-corrected chi connectivity index (χ0v) is 11.0. The lowest BCUT2D eigenvalue weighted by atomic mass is 10.0. The molecule has 2 fully saturated rings. The number of nitrogens with one attached hydrogen (secondary N) is 1. The minimum atomic E-state index is 0.393. The van der Waals surface area contributed by atoms with Crippen LogP contribution in [0.4, 0.5) is 0 Å². The third-order valence-electron chi connectivity index (χ3n) is 4.12. The summed E-state index contributed by atoms with van der Waals surface area (Å²) in [5, 5.41) is 3.20. The Hall–Kier alpha value is -0.120. The molecular weight excluding hydrogens is 200 g/mol. The lowest BCUT2D eigenvalue weighted by molar-refractivity contribution is 0.0117. The van der Waals surface area contributed by atoms with Crippen molar-refractivity contribution < 1.29 is 4.74 Å². The van der Waals surface area contributed by atoms with E-state index >= 15 is 0 Å². The van der Waals surface area contributed by atoms with Crippen LogP contribution >= 0.6 is 0 Å². The van der Waals surface area contributed by atoms with Crippen LogP contribution in [-0.4, -0.2) is 49.3 Å². The minimum Gasteiger partial charge on any atom is -0.372 e. The molecule has 0 aromatic rings. The van der Waals surface area contributed by atoms with Gasteiger partial charge in [0.2, 0.25) is 0 Å². The van der Waals surface area contributed by atoms with Crippen molar-refractivity contribution in [2.45, 2.75) is 57.3 Å². The van der Waals surface area contributed by atoms with E-state index in [0.717, 1.165) is 13.1 Å². The molecule has 94 valence electrons. The predicted octanol–water partition coefficient (Wildman–Crippen LogP) is 1.63. The van der Waals surface area contributed by atoms with Crippen molar-refractivity contribution in [1.29, 1.82) is 0 Å². The maximum Gasteiger partial charge on any atom is 0.0707 e. The van der Waals surface area contributed by atoms with Gasteiger partial charge in [-0.25, -0.2) is 0 Å². The quantitative estimate of drug-likeness (QED) is 0.788. The largest absolute Gasteiger partial charge is 0.372 e. The number of likely N-dealkylation sites (tertiary alicyclic amines) is 1. The Morgan fingerprint density at radius 1 is 1.31 bits per heavy atom. The van der Waals surface area contributed by atoms with Gasteiger partial charge < -0.3 is 10.1 Å². The number of nitrogens with zero attached hydrogens (tertiary/aromatic N) is 1. The maximum atomic E-state index is 6.05. The average molecular weight is 226 g/mol. The van der Waals surface area contributed by atoms with Gasteiger partial charge in [0.1, 0.15) is 0 Å². The molecule has 0 aliphatic carbocycles. The van der Waals surface area contributed by atoms with Gasteiger partial charge in [-0.3, -0.25) is 4.90 Å². The van der Waals surface area contributed by atoms with Crippen LogP contribution in [0.3, 0.4) is 0 Å². The fourth-order valence-corrected chi connectivity index (χ4v) is 3.04. The Morgan fingerprint density at radius 3 is 2.69 bits per heavy atom. The van der Waals surface area contributed by atoms with Gasteiger partial charge in [-0.2, -0.15) is 0 Å². The third-order valence-corrected chi connectivity index (χ3v) is 4.12. The van der Waals surface area contributed by atoms with Crippen LogP contribution in [0, 0.1) is 0 Å². The van der Waals surface area contributed by atoms with E-state index in [2.05, 4.69) is 24.1 Å². The van der Waals surface area contributed by atoms with Crippen molar-refractivity contribution in [2.75, 3.05) is 26.7 Å². The lowest BCUT2D eigenvalue weighted by Crippen LogP contribution is -2.42. The van der Waals surface area contributed by atoms with Gasteiger partial charge in [-0.15, -0.1) is 0 Å². The number of ether oxygens (including phenoxy) is 1. The normalized spacial score (nSPS) is 34.7. The summed E-state index contributed by atoms with van der Waals surface area (Å²) >= 11 is 0. The van der Waals surface area contributed by atoms with Crippen molar-refractivity contribution >= 4 is 0 Å². The predicted molar refractivity (Wildman–Crippen MR) is 66.7 cm³/mol. The first kappa shape index (κ1) is 12.3. The Balaban J connectivity index is 1.78. The van der Waals surface area contributed by atoms with Crippen molar-refractivity contribution in [3.8, 4) is 0 Å².